The number of rotatable bonds is 5. The number of alkyl halides is 6. The number of nitrogens with zero attached hydrogens (tertiary/aromatic N) is 2. The Hall–Kier alpha value is -2.57. The predicted molar refractivity (Wildman–Crippen MR) is 100 cm³/mol. The number of carbonyl (C=O) groups is 1. The van der Waals surface area contributed by atoms with Gasteiger partial charge in [0.1, 0.15) is 12.2 Å². The van der Waals surface area contributed by atoms with Crippen LogP contribution in [0.2, 0.25) is 0 Å². The lowest BCUT2D eigenvalue weighted by molar-refractivity contribution is -0.145. The van der Waals surface area contributed by atoms with Gasteiger partial charge in [-0.1, -0.05) is 6.07 Å². The molecule has 32 heavy (non-hydrogen) atoms. The highest BCUT2D eigenvalue weighted by Crippen LogP contribution is 2.35. The van der Waals surface area contributed by atoms with Crippen molar-refractivity contribution in [2.24, 2.45) is 0 Å². The first-order chi connectivity index (χ1) is 14.8. The van der Waals surface area contributed by atoms with Crippen molar-refractivity contribution in [2.45, 2.75) is 54.2 Å². The molecular formula is C19H19F6N3O3S. The molecule has 3 rings (SSSR count). The summed E-state index contributed by atoms with van der Waals surface area (Å²) in [7, 11) is -4.13. The van der Waals surface area contributed by atoms with Gasteiger partial charge in [-0.2, -0.15) is 31.4 Å². The zero-order valence-corrected chi connectivity index (χ0v) is 17.3. The van der Waals surface area contributed by atoms with Crippen LogP contribution in [0.15, 0.2) is 41.4 Å². The topological polar surface area (TPSA) is 83.1 Å². The monoisotopic (exact) mass is 483 g/mol. The van der Waals surface area contributed by atoms with Crippen LogP contribution in [-0.4, -0.2) is 53.4 Å². The van der Waals surface area contributed by atoms with Crippen LogP contribution in [-0.2, 0) is 16.0 Å². The van der Waals surface area contributed by atoms with Gasteiger partial charge in [-0.25, -0.2) is 8.42 Å². The second-order valence-corrected chi connectivity index (χ2v) is 9.75. The van der Waals surface area contributed by atoms with E-state index in [1.165, 1.54) is 12.3 Å². The Balaban J connectivity index is 1.77. The SMILES string of the molecule is O=C(c1ccn[nH]1)N(CC(F)(F)F)C1CCC(S(=O)(=O)c2cccc(C(F)(F)F)c2)CC1. The van der Waals surface area contributed by atoms with Crippen molar-refractivity contribution in [2.75, 3.05) is 6.54 Å². The van der Waals surface area contributed by atoms with Gasteiger partial charge in [0.25, 0.3) is 5.91 Å². The lowest BCUT2D eigenvalue weighted by Crippen LogP contribution is -2.48. The summed E-state index contributed by atoms with van der Waals surface area (Å²) in [6.45, 7) is -1.51. The van der Waals surface area contributed by atoms with Crippen molar-refractivity contribution < 1.29 is 39.6 Å². The highest BCUT2D eigenvalue weighted by Gasteiger charge is 2.41. The van der Waals surface area contributed by atoms with Gasteiger partial charge in [-0.05, 0) is 49.9 Å². The average Bonchev–Trinajstić information content (AvgIpc) is 3.25. The molecule has 0 unspecified atom stereocenters. The van der Waals surface area contributed by atoms with Crippen LogP contribution in [0, 0.1) is 0 Å². The van der Waals surface area contributed by atoms with E-state index in [1.807, 2.05) is 0 Å². The Labute approximate surface area is 179 Å². The van der Waals surface area contributed by atoms with Crippen molar-refractivity contribution in [3.05, 3.63) is 47.8 Å². The van der Waals surface area contributed by atoms with E-state index >= 15 is 0 Å². The molecule has 0 bridgehead atoms. The summed E-state index contributed by atoms with van der Waals surface area (Å²) in [4.78, 5) is 12.7. The van der Waals surface area contributed by atoms with Crippen LogP contribution >= 0.6 is 0 Å². The molecule has 1 aliphatic rings. The summed E-state index contributed by atoms with van der Waals surface area (Å²) in [5.74, 6) is -0.913. The Kier molecular flexibility index (Phi) is 6.59. The third-order valence-corrected chi connectivity index (χ3v) is 7.61. The maximum absolute atomic E-state index is 13.1. The Morgan fingerprint density at radius 1 is 1.06 bits per heavy atom. The van der Waals surface area contributed by atoms with Crippen LogP contribution < -0.4 is 0 Å². The molecule has 176 valence electrons. The number of aromatic nitrogens is 2. The predicted octanol–water partition coefficient (Wildman–Crippen LogP) is 4.22. The largest absolute Gasteiger partial charge is 0.416 e. The molecule has 1 saturated carbocycles. The summed E-state index contributed by atoms with van der Waals surface area (Å²) >= 11 is 0. The molecule has 1 aromatic heterocycles. The average molecular weight is 483 g/mol. The van der Waals surface area contributed by atoms with Crippen LogP contribution in [0.1, 0.15) is 41.7 Å². The summed E-state index contributed by atoms with van der Waals surface area (Å²) in [5, 5.41) is 4.82. The molecule has 0 aliphatic heterocycles. The minimum atomic E-state index is -4.71. The Morgan fingerprint density at radius 3 is 2.25 bits per heavy atom. The van der Waals surface area contributed by atoms with Crippen molar-refractivity contribution in [3.8, 4) is 0 Å². The number of hydrogen-bond acceptors (Lipinski definition) is 4. The van der Waals surface area contributed by atoms with Crippen LogP contribution in [0.4, 0.5) is 26.3 Å². The molecule has 1 aromatic carbocycles. The molecule has 0 saturated heterocycles. The Morgan fingerprint density at radius 2 is 1.72 bits per heavy atom. The van der Waals surface area contributed by atoms with Crippen LogP contribution in [0.5, 0.6) is 0 Å². The van der Waals surface area contributed by atoms with Crippen molar-refractivity contribution in [1.82, 2.24) is 15.1 Å². The molecule has 1 heterocycles. The lowest BCUT2D eigenvalue weighted by atomic mass is 9.93. The first kappa shape index (κ1) is 24.1. The van der Waals surface area contributed by atoms with Gasteiger partial charge in [0.15, 0.2) is 9.84 Å². The van der Waals surface area contributed by atoms with Gasteiger partial charge in [0.2, 0.25) is 0 Å². The van der Waals surface area contributed by atoms with E-state index in [-0.39, 0.29) is 31.4 Å². The molecular weight excluding hydrogens is 464 g/mol. The van der Waals surface area contributed by atoms with E-state index in [0.29, 0.717) is 11.0 Å². The second kappa shape index (κ2) is 8.75. The number of carbonyl (C=O) groups excluding carboxylic acids is 1. The highest BCUT2D eigenvalue weighted by molar-refractivity contribution is 7.92. The Bertz CT molecular complexity index is 1040. The zero-order valence-electron chi connectivity index (χ0n) is 16.4. The summed E-state index contributed by atoms with van der Waals surface area (Å²) < 4.78 is 104. The van der Waals surface area contributed by atoms with Crippen molar-refractivity contribution in [1.29, 1.82) is 0 Å². The van der Waals surface area contributed by atoms with E-state index in [1.54, 1.807) is 0 Å². The summed E-state index contributed by atoms with van der Waals surface area (Å²) in [6.07, 6.45) is -8.43. The number of halogens is 6. The molecule has 1 fully saturated rings. The number of H-pyrrole nitrogens is 1. The fourth-order valence-corrected chi connectivity index (χ4v) is 5.64. The zero-order chi connectivity index (χ0) is 23.7. The highest BCUT2D eigenvalue weighted by atomic mass is 32.2. The van der Waals surface area contributed by atoms with Gasteiger partial charge < -0.3 is 4.90 Å². The third-order valence-electron chi connectivity index (χ3n) is 5.35. The molecule has 0 atom stereocenters. The molecule has 13 heteroatoms. The lowest BCUT2D eigenvalue weighted by Gasteiger charge is -2.37. The summed E-state index contributed by atoms with van der Waals surface area (Å²) in [6, 6.07) is 3.73. The van der Waals surface area contributed by atoms with Crippen molar-refractivity contribution in [3.63, 3.8) is 0 Å². The normalized spacial score (nSPS) is 20.2. The molecule has 0 spiro atoms. The molecule has 0 radical (unpaired) electrons. The van der Waals surface area contributed by atoms with E-state index < -0.39 is 56.4 Å². The number of benzene rings is 1. The number of sulfone groups is 1. The molecule has 6 nitrogen and oxygen atoms in total. The van der Waals surface area contributed by atoms with Gasteiger partial charge >= 0.3 is 12.4 Å². The smallest absolute Gasteiger partial charge is 0.325 e. The molecule has 1 aliphatic carbocycles. The first-order valence-electron chi connectivity index (χ1n) is 9.57. The molecule has 1 amide bonds. The van der Waals surface area contributed by atoms with Crippen LogP contribution in [0.3, 0.4) is 0 Å². The fourth-order valence-electron chi connectivity index (χ4n) is 3.80. The fraction of sp³-hybridized carbons (Fsp3) is 0.474. The number of amides is 1. The van der Waals surface area contributed by atoms with Gasteiger partial charge in [0, 0.05) is 12.2 Å². The van der Waals surface area contributed by atoms with Gasteiger partial charge in [-0.15, -0.1) is 0 Å². The minimum Gasteiger partial charge on any atom is -0.325 e. The van der Waals surface area contributed by atoms with Crippen molar-refractivity contribution >= 4 is 15.7 Å². The number of aromatic amines is 1. The third kappa shape index (κ3) is 5.43. The van der Waals surface area contributed by atoms with Crippen LogP contribution in [0.25, 0.3) is 0 Å². The minimum absolute atomic E-state index is 0.0428. The first-order valence-corrected chi connectivity index (χ1v) is 11.1. The second-order valence-electron chi connectivity index (χ2n) is 7.52. The maximum atomic E-state index is 13.1. The van der Waals surface area contributed by atoms with Gasteiger partial charge in [-0.3, -0.25) is 9.89 Å². The van der Waals surface area contributed by atoms with E-state index in [4.69, 9.17) is 0 Å². The van der Waals surface area contributed by atoms with E-state index in [9.17, 15) is 39.6 Å². The molecule has 1 N–H and O–H groups in total. The standard InChI is InChI=1S/C19H19F6N3O3S/c20-18(21,22)11-28(17(29)16-8-9-26-27-16)13-4-6-14(7-5-13)32(30,31)15-3-1-2-12(10-15)19(23,24)25/h1-3,8-10,13-14H,4-7,11H2,(H,26,27). The number of nitrogens with one attached hydrogen (secondary N) is 1. The van der Waals surface area contributed by atoms with E-state index in [2.05, 4.69) is 10.2 Å². The summed E-state index contributed by atoms with van der Waals surface area (Å²) in [5.41, 5.74) is -1.23. The maximum Gasteiger partial charge on any atom is 0.416 e. The van der Waals surface area contributed by atoms with E-state index in [0.717, 1.165) is 18.2 Å². The van der Waals surface area contributed by atoms with Gasteiger partial charge in [0.05, 0.1) is 15.7 Å². The quantitative estimate of drug-likeness (QED) is 0.646. The number of hydrogen-bond donors (Lipinski definition) is 1. The molecule has 2 aromatic rings.